The number of carbonyl (C=O) groups is 4. The Balaban J connectivity index is 0.883. The zero-order valence-electron chi connectivity index (χ0n) is 42.6. The number of halogens is 3. The van der Waals surface area contributed by atoms with Crippen molar-refractivity contribution in [2.24, 2.45) is 5.41 Å². The van der Waals surface area contributed by atoms with Crippen molar-refractivity contribution in [1.29, 1.82) is 0 Å². The highest BCUT2D eigenvalue weighted by atomic mass is 32.1. The number of thiazole rings is 1. The molecule has 16 nitrogen and oxygen atoms in total. The third-order valence-corrected chi connectivity index (χ3v) is 14.6. The lowest BCUT2D eigenvalue weighted by Crippen LogP contribution is -2.57. The first-order chi connectivity index (χ1) is 34.5. The molecular weight excluding hydrogens is 964 g/mol. The van der Waals surface area contributed by atoms with E-state index in [1.165, 1.54) is 11.0 Å². The van der Waals surface area contributed by atoms with Crippen LogP contribution in [0.25, 0.3) is 21.3 Å². The summed E-state index contributed by atoms with van der Waals surface area (Å²) in [5, 5.41) is 20.5. The number of anilines is 2. The number of nitrogens with two attached hydrogens (primary N) is 1. The number of β-amino-alcohol motifs (C(OH)–C–C–N with tert-alkyl or cyclic N) is 1. The fraction of sp³-hybridized carbons (Fsp3) is 0.491. The molecule has 2 aromatic heterocycles. The number of fused-ring (bicyclic) bond motifs is 1. The van der Waals surface area contributed by atoms with Crippen LogP contribution in [0, 0.1) is 19.3 Å². The molecule has 5 aromatic rings. The highest BCUT2D eigenvalue weighted by molar-refractivity contribution is 7.13. The molecule has 0 bridgehead atoms. The molecule has 2 aliphatic rings. The van der Waals surface area contributed by atoms with Gasteiger partial charge in [-0.2, -0.15) is 13.2 Å². The van der Waals surface area contributed by atoms with Crippen molar-refractivity contribution in [2.75, 3.05) is 51.0 Å². The van der Waals surface area contributed by atoms with E-state index in [9.17, 15) is 37.5 Å². The number of piperidine rings is 1. The summed E-state index contributed by atoms with van der Waals surface area (Å²) in [7, 11) is 1.58. The number of aliphatic hydroxyl groups excluding tert-OH is 1. The molecule has 0 saturated carbocycles. The monoisotopic (exact) mass is 1030 g/mol. The average Bonchev–Trinajstić information content (AvgIpc) is 3.96. The molecule has 0 spiro atoms. The molecule has 7 rings (SSSR count). The average molecular weight is 1030 g/mol. The van der Waals surface area contributed by atoms with Crippen LogP contribution in [0.4, 0.5) is 24.7 Å². The number of nitrogens with zero attached hydrogens (tertiary/aromatic N) is 5. The van der Waals surface area contributed by atoms with Gasteiger partial charge >= 0.3 is 6.18 Å². The maximum absolute atomic E-state index is 14.2. The molecule has 2 aliphatic heterocycles. The van der Waals surface area contributed by atoms with Gasteiger partial charge in [-0.3, -0.25) is 19.2 Å². The molecule has 6 N–H and O–H groups in total. The number of aromatic nitrogens is 3. The number of hydrogen-bond acceptors (Lipinski definition) is 13. The number of aliphatic hydroxyl groups is 1. The molecule has 2 saturated heterocycles. The van der Waals surface area contributed by atoms with E-state index in [0.29, 0.717) is 59.8 Å². The van der Waals surface area contributed by atoms with Gasteiger partial charge in [0, 0.05) is 56.2 Å². The van der Waals surface area contributed by atoms with Crippen molar-refractivity contribution in [3.05, 3.63) is 93.9 Å². The molecular formula is C53H66F3N9O7S. The van der Waals surface area contributed by atoms with E-state index in [-0.39, 0.29) is 68.5 Å². The Morgan fingerprint density at radius 3 is 2.30 bits per heavy atom. The zero-order valence-corrected chi connectivity index (χ0v) is 43.4. The Morgan fingerprint density at radius 2 is 1.66 bits per heavy atom. The lowest BCUT2D eigenvalue weighted by molar-refractivity contribution is -0.144. The normalized spacial score (nSPS) is 17.8. The van der Waals surface area contributed by atoms with E-state index >= 15 is 0 Å². The molecule has 3 aromatic carbocycles. The second-order valence-electron chi connectivity index (χ2n) is 20.2. The molecule has 5 unspecified atom stereocenters. The van der Waals surface area contributed by atoms with Crippen LogP contribution in [-0.4, -0.2) is 112 Å². The Bertz CT molecular complexity index is 2790. The fourth-order valence-electron chi connectivity index (χ4n) is 9.55. The first-order valence-corrected chi connectivity index (χ1v) is 25.4. The number of nitrogens with one attached hydrogen (secondary N) is 3. The van der Waals surface area contributed by atoms with E-state index in [4.69, 9.17) is 15.2 Å². The van der Waals surface area contributed by atoms with Gasteiger partial charge in [-0.25, -0.2) is 15.0 Å². The summed E-state index contributed by atoms with van der Waals surface area (Å²) in [6.45, 7) is 13.6. The quantitative estimate of drug-likeness (QED) is 0.0442. The van der Waals surface area contributed by atoms with Crippen LogP contribution in [-0.2, 0) is 30.1 Å². The van der Waals surface area contributed by atoms with E-state index in [0.717, 1.165) is 39.4 Å². The van der Waals surface area contributed by atoms with Crippen LogP contribution in [0.2, 0.25) is 0 Å². The summed E-state index contributed by atoms with van der Waals surface area (Å²) < 4.78 is 52.4. The van der Waals surface area contributed by atoms with E-state index < -0.39 is 53.2 Å². The number of hydrogen-bond donors (Lipinski definition) is 5. The van der Waals surface area contributed by atoms with Gasteiger partial charge < -0.3 is 46.1 Å². The van der Waals surface area contributed by atoms with Crippen LogP contribution in [0.15, 0.2) is 60.1 Å². The molecule has 0 radical (unpaired) electrons. The first-order valence-electron chi connectivity index (χ1n) is 24.5. The Morgan fingerprint density at radius 1 is 0.945 bits per heavy atom. The lowest BCUT2D eigenvalue weighted by atomic mass is 9.85. The minimum Gasteiger partial charge on any atom is -0.496 e. The third kappa shape index (κ3) is 13.2. The van der Waals surface area contributed by atoms with Gasteiger partial charge in [0.1, 0.15) is 36.1 Å². The van der Waals surface area contributed by atoms with Gasteiger partial charge in [-0.1, -0.05) is 45.0 Å². The number of carbonyl (C=O) groups excluding carboxylic acids is 4. The second kappa shape index (κ2) is 22.8. The predicted octanol–water partition coefficient (Wildman–Crippen LogP) is 8.03. The lowest BCUT2D eigenvalue weighted by Gasteiger charge is -2.35. The van der Waals surface area contributed by atoms with E-state index in [1.54, 1.807) is 42.7 Å². The highest BCUT2D eigenvalue weighted by Crippen LogP contribution is 2.40. The van der Waals surface area contributed by atoms with Gasteiger partial charge in [0.15, 0.2) is 0 Å². The van der Waals surface area contributed by atoms with E-state index in [2.05, 4.69) is 30.9 Å². The standard InChI is InChI=1S/C53H66F3N9O7S/c1-29(33-11-13-35(14-12-33)47-31(3)58-28-73-47)60-50(69)43-23-39(66)26-65(43)51(70)48(52(5,6)7)63-45(67)10-9-19-72-27-46(68)64-17-15-34(16-18-64)40-24-41-42(25-44(40)71-8)61-32(4)62-49(41)59-30(2)36-20-37(53(54,55)56)22-38(57)21-36/h11-14,20-22,24-25,28-30,34,39,43,48,66H,9-10,15-19,23,26-27,57H2,1-8H3,(H,60,69)(H,63,67)(H,59,61,62). The summed E-state index contributed by atoms with van der Waals surface area (Å²) in [6, 6.07) is 12.2. The van der Waals surface area contributed by atoms with Gasteiger partial charge in [-0.15, -0.1) is 11.3 Å². The Labute approximate surface area is 427 Å². The molecule has 20 heteroatoms. The maximum atomic E-state index is 14.2. The van der Waals surface area contributed by atoms with Gasteiger partial charge in [-0.05, 0) is 105 Å². The minimum absolute atomic E-state index is 0.000804. The number of aryl methyl sites for hydroxylation is 2. The first kappa shape index (κ1) is 54.4. The smallest absolute Gasteiger partial charge is 0.416 e. The zero-order chi connectivity index (χ0) is 52.9. The number of nitrogen functional groups attached to an aromatic ring is 1. The van der Waals surface area contributed by atoms with Gasteiger partial charge in [0.25, 0.3) is 0 Å². The minimum atomic E-state index is -4.56. The maximum Gasteiger partial charge on any atom is 0.416 e. The Kier molecular flexibility index (Phi) is 17.0. The topological polar surface area (TPSA) is 214 Å². The van der Waals surface area contributed by atoms with E-state index in [1.807, 2.05) is 71.0 Å². The molecule has 2 fully saturated rings. The van der Waals surface area contributed by atoms with Crippen molar-refractivity contribution < 1.29 is 46.9 Å². The molecule has 0 aliphatic carbocycles. The largest absolute Gasteiger partial charge is 0.496 e. The van der Waals surface area contributed by atoms with Crippen molar-refractivity contribution in [3.63, 3.8) is 0 Å². The molecule has 4 amide bonds. The number of likely N-dealkylation sites (tertiary alicyclic amines) is 2. The summed E-state index contributed by atoms with van der Waals surface area (Å²) in [4.78, 5) is 72.2. The van der Waals surface area contributed by atoms with Gasteiger partial charge in [0.2, 0.25) is 23.6 Å². The van der Waals surface area contributed by atoms with Crippen molar-refractivity contribution in [1.82, 2.24) is 35.4 Å². The summed E-state index contributed by atoms with van der Waals surface area (Å²) >= 11 is 1.56. The summed E-state index contributed by atoms with van der Waals surface area (Å²) in [5.74, 6) is 0.115. The predicted molar refractivity (Wildman–Crippen MR) is 274 cm³/mol. The molecule has 4 heterocycles. The van der Waals surface area contributed by atoms with Crippen LogP contribution >= 0.6 is 11.3 Å². The number of amides is 4. The number of benzene rings is 3. The number of alkyl halides is 3. The SMILES string of the molecule is COc1cc2nc(C)nc(NC(C)c3cc(N)cc(C(F)(F)F)c3)c2cc1C1CCN(C(=O)COCCCC(=O)NC(C(=O)N2CC(O)CC2C(=O)NC(C)c2ccc(-c3scnc3C)cc2)C(C)(C)C)CC1. The van der Waals surface area contributed by atoms with Crippen LogP contribution < -0.4 is 26.4 Å². The summed E-state index contributed by atoms with van der Waals surface area (Å²) in [5.41, 5.74) is 10.8. The third-order valence-electron chi connectivity index (χ3n) is 13.6. The fourth-order valence-corrected chi connectivity index (χ4v) is 10.4. The van der Waals surface area contributed by atoms with Crippen molar-refractivity contribution in [3.8, 4) is 16.2 Å². The van der Waals surface area contributed by atoms with Crippen molar-refractivity contribution >= 4 is 57.4 Å². The van der Waals surface area contributed by atoms with Gasteiger partial charge in [0.05, 0.1) is 52.5 Å². The Hall–Kier alpha value is -6.38. The molecule has 392 valence electrons. The molecule has 5 atom stereocenters. The van der Waals surface area contributed by atoms with Crippen LogP contribution in [0.3, 0.4) is 0 Å². The van der Waals surface area contributed by atoms with Crippen molar-refractivity contribution in [2.45, 2.75) is 123 Å². The van der Waals surface area contributed by atoms with Crippen LogP contribution in [0.5, 0.6) is 5.75 Å². The van der Waals surface area contributed by atoms with Crippen LogP contribution in [0.1, 0.15) is 118 Å². The summed E-state index contributed by atoms with van der Waals surface area (Å²) in [6.07, 6.45) is -3.83. The number of methoxy groups -OCH3 is 1. The number of ether oxygens (including phenoxy) is 2. The number of rotatable bonds is 17. The second-order valence-corrected chi connectivity index (χ2v) is 21.0. The highest BCUT2D eigenvalue weighted by Gasteiger charge is 2.45. The molecule has 73 heavy (non-hydrogen) atoms.